The number of rotatable bonds is 8. The van der Waals surface area contributed by atoms with E-state index in [4.69, 9.17) is 4.74 Å². The van der Waals surface area contributed by atoms with Crippen LogP contribution in [0.4, 0.5) is 8.78 Å². The second-order valence-electron chi connectivity index (χ2n) is 6.62. The molecule has 0 saturated carbocycles. The Bertz CT molecular complexity index is 612. The third kappa shape index (κ3) is 8.34. The Labute approximate surface area is 182 Å². The molecule has 160 valence electrons. The molecule has 1 aliphatic heterocycles. The zero-order chi connectivity index (χ0) is 19.6. The number of nitrogens with zero attached hydrogens (tertiary/aromatic N) is 2. The largest absolute Gasteiger partial charge is 0.508 e. The van der Waals surface area contributed by atoms with Gasteiger partial charge in [-0.2, -0.15) is 0 Å². The zero-order valence-electron chi connectivity index (χ0n) is 16.5. The summed E-state index contributed by atoms with van der Waals surface area (Å²) in [6.07, 6.45) is -0.0331. The number of phenolic OH excluding ortho intramolecular Hbond substituents is 1. The lowest BCUT2D eigenvalue weighted by atomic mass is 10.1. The molecular weight excluding hydrogens is 481 g/mol. The van der Waals surface area contributed by atoms with Gasteiger partial charge in [-0.1, -0.05) is 6.07 Å². The van der Waals surface area contributed by atoms with Crippen molar-refractivity contribution < 1.29 is 18.6 Å². The third-order valence-corrected chi connectivity index (χ3v) is 4.61. The minimum Gasteiger partial charge on any atom is -0.508 e. The molecule has 9 heteroatoms. The quantitative estimate of drug-likeness (QED) is 0.284. The van der Waals surface area contributed by atoms with Gasteiger partial charge in [0, 0.05) is 38.3 Å². The number of methoxy groups -OCH3 is 1. The number of guanidine groups is 1. The maximum absolute atomic E-state index is 12.5. The highest BCUT2D eigenvalue weighted by Crippen LogP contribution is 2.23. The first kappa shape index (κ1) is 24.7. The van der Waals surface area contributed by atoms with Crippen molar-refractivity contribution in [3.05, 3.63) is 23.8 Å². The van der Waals surface area contributed by atoms with Crippen LogP contribution in [-0.4, -0.2) is 68.3 Å². The van der Waals surface area contributed by atoms with E-state index in [1.165, 1.54) is 0 Å². The van der Waals surface area contributed by atoms with Gasteiger partial charge in [-0.15, -0.1) is 24.0 Å². The first-order chi connectivity index (χ1) is 13.0. The van der Waals surface area contributed by atoms with Gasteiger partial charge in [0.15, 0.2) is 5.96 Å². The van der Waals surface area contributed by atoms with Crippen molar-refractivity contribution in [3.63, 3.8) is 0 Å². The molecular formula is C19H31F2IN4O2. The van der Waals surface area contributed by atoms with Crippen molar-refractivity contribution in [1.29, 1.82) is 0 Å². The van der Waals surface area contributed by atoms with Crippen LogP contribution < -0.4 is 15.4 Å². The van der Waals surface area contributed by atoms with Crippen LogP contribution >= 0.6 is 24.0 Å². The highest BCUT2D eigenvalue weighted by Gasteiger charge is 2.21. The molecule has 1 aromatic carbocycles. The Balaban J connectivity index is 0.00000392. The Morgan fingerprint density at radius 3 is 2.64 bits per heavy atom. The number of alkyl halides is 2. The van der Waals surface area contributed by atoms with E-state index in [9.17, 15) is 13.9 Å². The number of ether oxygens (including phenoxy) is 1. The van der Waals surface area contributed by atoms with E-state index < -0.39 is 6.43 Å². The molecule has 1 heterocycles. The van der Waals surface area contributed by atoms with Crippen LogP contribution in [0.1, 0.15) is 25.3 Å². The van der Waals surface area contributed by atoms with E-state index in [0.29, 0.717) is 31.8 Å². The number of hydrogen-bond donors (Lipinski definition) is 3. The predicted molar refractivity (Wildman–Crippen MR) is 118 cm³/mol. The lowest BCUT2D eigenvalue weighted by molar-refractivity contribution is 0.0744. The molecule has 1 fully saturated rings. The van der Waals surface area contributed by atoms with Gasteiger partial charge in [-0.3, -0.25) is 9.89 Å². The molecule has 1 aliphatic rings. The number of piperidine rings is 1. The smallest absolute Gasteiger partial charge is 0.251 e. The molecule has 2 rings (SSSR count). The maximum atomic E-state index is 12.5. The minimum absolute atomic E-state index is 0. The van der Waals surface area contributed by atoms with Gasteiger partial charge >= 0.3 is 0 Å². The van der Waals surface area contributed by atoms with Gasteiger partial charge < -0.3 is 20.5 Å². The summed E-state index contributed by atoms with van der Waals surface area (Å²) in [6, 6.07) is 5.47. The van der Waals surface area contributed by atoms with Crippen LogP contribution in [0.5, 0.6) is 11.5 Å². The summed E-state index contributed by atoms with van der Waals surface area (Å²) >= 11 is 0. The first-order valence-corrected chi connectivity index (χ1v) is 9.43. The monoisotopic (exact) mass is 512 g/mol. The van der Waals surface area contributed by atoms with Crippen LogP contribution in [0.15, 0.2) is 23.2 Å². The standard InChI is InChI=1S/C19H30F2N4O2.HI/c1-3-22-19(24-15-7-10-25(11-8-15)13-18(20)21)23-9-6-14-4-5-16(27-2)12-17(14)26;/h4-5,12,15,18,26H,3,6-11,13H2,1-2H3,(H2,22,23,24);1H. The lowest BCUT2D eigenvalue weighted by Gasteiger charge is -2.32. The number of hydrogen-bond acceptors (Lipinski definition) is 4. The fourth-order valence-corrected chi connectivity index (χ4v) is 3.14. The number of aliphatic imine (C=N–C) groups is 1. The number of halogens is 3. The van der Waals surface area contributed by atoms with E-state index in [2.05, 4.69) is 15.6 Å². The van der Waals surface area contributed by atoms with Crippen molar-refractivity contribution in [1.82, 2.24) is 15.5 Å². The summed E-state index contributed by atoms with van der Waals surface area (Å²) in [4.78, 5) is 6.38. The fourth-order valence-electron chi connectivity index (χ4n) is 3.14. The normalized spacial score (nSPS) is 16.0. The molecule has 1 aromatic rings. The van der Waals surface area contributed by atoms with E-state index in [0.717, 1.165) is 30.9 Å². The van der Waals surface area contributed by atoms with Crippen LogP contribution in [0, 0.1) is 0 Å². The molecule has 0 bridgehead atoms. The van der Waals surface area contributed by atoms with Gasteiger partial charge in [0.05, 0.1) is 13.7 Å². The summed E-state index contributed by atoms with van der Waals surface area (Å²) in [6.45, 7) is 4.45. The van der Waals surface area contributed by atoms with Gasteiger partial charge in [0.1, 0.15) is 11.5 Å². The highest BCUT2D eigenvalue weighted by molar-refractivity contribution is 14.0. The first-order valence-electron chi connectivity index (χ1n) is 9.43. The molecule has 0 radical (unpaired) electrons. The second-order valence-corrected chi connectivity index (χ2v) is 6.62. The van der Waals surface area contributed by atoms with Gasteiger partial charge in [0.2, 0.25) is 0 Å². The molecule has 6 nitrogen and oxygen atoms in total. The predicted octanol–water partition coefficient (Wildman–Crippen LogP) is 2.85. The zero-order valence-corrected chi connectivity index (χ0v) is 18.8. The Morgan fingerprint density at radius 2 is 2.07 bits per heavy atom. The Hall–Kier alpha value is -1.36. The molecule has 0 spiro atoms. The van der Waals surface area contributed by atoms with Crippen LogP contribution in [0.25, 0.3) is 0 Å². The van der Waals surface area contributed by atoms with Crippen molar-refractivity contribution in [2.45, 2.75) is 38.7 Å². The maximum Gasteiger partial charge on any atom is 0.251 e. The average Bonchev–Trinajstić information content (AvgIpc) is 2.64. The molecule has 0 amide bonds. The summed E-state index contributed by atoms with van der Waals surface area (Å²) in [7, 11) is 1.56. The Kier molecular flexibility index (Phi) is 11.4. The summed E-state index contributed by atoms with van der Waals surface area (Å²) in [5.41, 5.74) is 0.815. The number of benzene rings is 1. The molecule has 1 saturated heterocycles. The van der Waals surface area contributed by atoms with E-state index in [1.807, 2.05) is 19.1 Å². The molecule has 3 N–H and O–H groups in total. The average molecular weight is 512 g/mol. The fraction of sp³-hybridized carbons (Fsp3) is 0.632. The summed E-state index contributed by atoms with van der Waals surface area (Å²) in [5, 5.41) is 16.6. The lowest BCUT2D eigenvalue weighted by Crippen LogP contribution is -2.49. The van der Waals surface area contributed by atoms with Gasteiger partial charge in [-0.05, 0) is 37.8 Å². The van der Waals surface area contributed by atoms with Crippen LogP contribution in [0.2, 0.25) is 0 Å². The van der Waals surface area contributed by atoms with E-state index >= 15 is 0 Å². The van der Waals surface area contributed by atoms with E-state index in [-0.39, 0.29) is 42.3 Å². The SMILES string of the molecule is CCNC(=NCCc1ccc(OC)cc1O)NC1CCN(CC(F)F)CC1.I. The molecule has 0 aromatic heterocycles. The number of likely N-dealkylation sites (tertiary alicyclic amines) is 1. The second kappa shape index (κ2) is 13.0. The van der Waals surface area contributed by atoms with Gasteiger partial charge in [0.25, 0.3) is 6.43 Å². The third-order valence-electron chi connectivity index (χ3n) is 4.61. The van der Waals surface area contributed by atoms with Crippen molar-refractivity contribution >= 4 is 29.9 Å². The minimum atomic E-state index is -2.28. The highest BCUT2D eigenvalue weighted by atomic mass is 127. The Morgan fingerprint density at radius 1 is 1.36 bits per heavy atom. The van der Waals surface area contributed by atoms with Crippen molar-refractivity contribution in [2.75, 3.05) is 39.8 Å². The number of nitrogens with one attached hydrogen (secondary N) is 2. The van der Waals surface area contributed by atoms with Crippen LogP contribution in [0.3, 0.4) is 0 Å². The number of aromatic hydroxyl groups is 1. The molecule has 0 aliphatic carbocycles. The molecule has 0 unspecified atom stereocenters. The van der Waals surface area contributed by atoms with Crippen molar-refractivity contribution in [3.8, 4) is 11.5 Å². The number of phenols is 1. The summed E-state index contributed by atoms with van der Waals surface area (Å²) < 4.78 is 30.0. The van der Waals surface area contributed by atoms with Crippen LogP contribution in [-0.2, 0) is 6.42 Å². The molecule has 0 atom stereocenters. The van der Waals surface area contributed by atoms with Gasteiger partial charge in [-0.25, -0.2) is 8.78 Å². The topological polar surface area (TPSA) is 69.1 Å². The van der Waals surface area contributed by atoms with Crippen molar-refractivity contribution in [2.24, 2.45) is 4.99 Å². The molecule has 28 heavy (non-hydrogen) atoms. The summed E-state index contributed by atoms with van der Waals surface area (Å²) in [5.74, 6) is 1.54. The van der Waals surface area contributed by atoms with E-state index in [1.54, 1.807) is 18.1 Å².